The molecule has 5 heteroatoms. The average Bonchev–Trinajstić information content (AvgIpc) is 2.37. The molecule has 1 aromatic rings. The Kier molecular flexibility index (Phi) is 5.96. The van der Waals surface area contributed by atoms with Gasteiger partial charge < -0.3 is 5.11 Å². The van der Waals surface area contributed by atoms with Crippen LogP contribution in [0.5, 0.6) is 0 Å². The zero-order chi connectivity index (χ0) is 16.3. The van der Waals surface area contributed by atoms with Gasteiger partial charge in [0.25, 0.3) is 0 Å². The van der Waals surface area contributed by atoms with Crippen LogP contribution in [0.3, 0.4) is 0 Å². The van der Waals surface area contributed by atoms with Crippen LogP contribution in [0.4, 0.5) is 0 Å². The number of aliphatic hydroxyl groups excluding tert-OH is 1. The maximum Gasteiger partial charge on any atom is 0.240 e. The Morgan fingerprint density at radius 1 is 1.29 bits per heavy atom. The Bertz CT molecular complexity index is 574. The monoisotopic (exact) mass is 313 g/mol. The van der Waals surface area contributed by atoms with Crippen molar-refractivity contribution in [2.24, 2.45) is 0 Å². The van der Waals surface area contributed by atoms with Gasteiger partial charge in [-0.15, -0.1) is 0 Å². The quantitative estimate of drug-likeness (QED) is 0.848. The standard InChI is InChI=1S/C16H27NO3S/c1-6-14(18)9-10-17-21(19,20)15-11-13(16(3,4)5)8-7-12(15)2/h7-8,11,14,17-18H,6,9-10H2,1-5H3. The molecule has 0 aromatic heterocycles. The minimum atomic E-state index is -3.54. The highest BCUT2D eigenvalue weighted by Crippen LogP contribution is 2.26. The minimum absolute atomic E-state index is 0.101. The molecule has 1 rings (SSSR count). The lowest BCUT2D eigenvalue weighted by molar-refractivity contribution is 0.162. The number of aliphatic hydroxyl groups is 1. The molecule has 0 aliphatic carbocycles. The molecule has 120 valence electrons. The van der Waals surface area contributed by atoms with Gasteiger partial charge in [-0.3, -0.25) is 0 Å². The highest BCUT2D eigenvalue weighted by Gasteiger charge is 2.21. The molecule has 0 saturated heterocycles. The van der Waals surface area contributed by atoms with Crippen molar-refractivity contribution in [2.45, 2.75) is 63.9 Å². The lowest BCUT2D eigenvalue weighted by Crippen LogP contribution is -2.28. The maximum absolute atomic E-state index is 12.4. The first kappa shape index (κ1) is 18.1. The fraction of sp³-hybridized carbons (Fsp3) is 0.625. The first-order valence-electron chi connectivity index (χ1n) is 7.36. The third kappa shape index (κ3) is 5.09. The SMILES string of the molecule is CCC(O)CCNS(=O)(=O)c1cc(C(C)(C)C)ccc1C. The fourth-order valence-electron chi connectivity index (χ4n) is 2.00. The van der Waals surface area contributed by atoms with Crippen molar-refractivity contribution in [3.8, 4) is 0 Å². The van der Waals surface area contributed by atoms with Gasteiger partial charge in [-0.05, 0) is 42.4 Å². The van der Waals surface area contributed by atoms with Gasteiger partial charge in [0.15, 0.2) is 0 Å². The highest BCUT2D eigenvalue weighted by atomic mass is 32.2. The van der Waals surface area contributed by atoms with E-state index in [0.29, 0.717) is 17.7 Å². The summed E-state index contributed by atoms with van der Waals surface area (Å²) in [6, 6.07) is 5.55. The Morgan fingerprint density at radius 2 is 1.90 bits per heavy atom. The number of benzene rings is 1. The molecule has 1 aromatic carbocycles. The number of rotatable bonds is 6. The smallest absolute Gasteiger partial charge is 0.240 e. The van der Waals surface area contributed by atoms with Crippen LogP contribution >= 0.6 is 0 Å². The minimum Gasteiger partial charge on any atom is -0.393 e. The van der Waals surface area contributed by atoms with Gasteiger partial charge in [0.05, 0.1) is 11.0 Å². The summed E-state index contributed by atoms with van der Waals surface area (Å²) < 4.78 is 27.4. The van der Waals surface area contributed by atoms with Crippen LogP contribution in [0.1, 0.15) is 51.7 Å². The zero-order valence-corrected chi connectivity index (χ0v) is 14.4. The maximum atomic E-state index is 12.4. The van der Waals surface area contributed by atoms with Gasteiger partial charge in [-0.25, -0.2) is 13.1 Å². The average molecular weight is 313 g/mol. The predicted molar refractivity (Wildman–Crippen MR) is 86.0 cm³/mol. The number of aryl methyl sites for hydroxylation is 1. The van der Waals surface area contributed by atoms with Gasteiger partial charge in [0.2, 0.25) is 10.0 Å². The molecule has 0 aliphatic heterocycles. The molecule has 1 unspecified atom stereocenters. The summed E-state index contributed by atoms with van der Waals surface area (Å²) in [6.45, 7) is 10.1. The van der Waals surface area contributed by atoms with Gasteiger partial charge in [0.1, 0.15) is 0 Å². The van der Waals surface area contributed by atoms with E-state index in [1.807, 2.05) is 19.1 Å². The Labute approximate surface area is 128 Å². The molecule has 1 atom stereocenters. The molecule has 0 radical (unpaired) electrons. The first-order valence-corrected chi connectivity index (χ1v) is 8.85. The van der Waals surface area contributed by atoms with Crippen molar-refractivity contribution in [1.82, 2.24) is 4.72 Å². The van der Waals surface area contributed by atoms with E-state index in [1.54, 1.807) is 13.0 Å². The number of nitrogens with one attached hydrogen (secondary N) is 1. The van der Waals surface area contributed by atoms with Crippen LogP contribution < -0.4 is 4.72 Å². The normalized spacial score (nSPS) is 14.2. The molecule has 2 N–H and O–H groups in total. The predicted octanol–water partition coefficient (Wildman–Crippen LogP) is 2.73. The van der Waals surface area contributed by atoms with Crippen LogP contribution in [0.15, 0.2) is 23.1 Å². The van der Waals surface area contributed by atoms with E-state index < -0.39 is 16.1 Å². The Hall–Kier alpha value is -0.910. The summed E-state index contributed by atoms with van der Waals surface area (Å²) in [4.78, 5) is 0.320. The fourth-order valence-corrected chi connectivity index (χ4v) is 3.31. The summed E-state index contributed by atoms with van der Waals surface area (Å²) in [5.74, 6) is 0. The topological polar surface area (TPSA) is 66.4 Å². The number of hydrogen-bond donors (Lipinski definition) is 2. The largest absolute Gasteiger partial charge is 0.393 e. The van der Waals surface area contributed by atoms with Crippen LogP contribution in [0.2, 0.25) is 0 Å². The van der Waals surface area contributed by atoms with Crippen LogP contribution in [-0.4, -0.2) is 26.2 Å². The van der Waals surface area contributed by atoms with Crippen molar-refractivity contribution in [2.75, 3.05) is 6.54 Å². The van der Waals surface area contributed by atoms with Crippen LogP contribution in [0.25, 0.3) is 0 Å². The molecule has 0 fully saturated rings. The zero-order valence-electron chi connectivity index (χ0n) is 13.6. The molecule has 0 spiro atoms. The van der Waals surface area contributed by atoms with Crippen molar-refractivity contribution in [3.63, 3.8) is 0 Å². The van der Waals surface area contributed by atoms with Gasteiger partial charge in [-0.1, -0.05) is 39.8 Å². The summed E-state index contributed by atoms with van der Waals surface area (Å²) in [5, 5.41) is 9.50. The number of hydrogen-bond acceptors (Lipinski definition) is 3. The summed E-state index contributed by atoms with van der Waals surface area (Å²) >= 11 is 0. The van der Waals surface area contributed by atoms with Gasteiger partial charge in [-0.2, -0.15) is 0 Å². The third-order valence-electron chi connectivity index (χ3n) is 3.58. The lowest BCUT2D eigenvalue weighted by Gasteiger charge is -2.21. The summed E-state index contributed by atoms with van der Waals surface area (Å²) in [7, 11) is -3.54. The summed E-state index contributed by atoms with van der Waals surface area (Å²) in [5.41, 5.74) is 1.62. The van der Waals surface area contributed by atoms with E-state index in [9.17, 15) is 13.5 Å². The second kappa shape index (κ2) is 6.90. The first-order chi connectivity index (χ1) is 9.58. The molecule has 0 bridgehead atoms. The second-order valence-electron chi connectivity index (χ2n) is 6.48. The van der Waals surface area contributed by atoms with Crippen molar-refractivity contribution in [3.05, 3.63) is 29.3 Å². The van der Waals surface area contributed by atoms with E-state index in [2.05, 4.69) is 25.5 Å². The van der Waals surface area contributed by atoms with E-state index in [4.69, 9.17) is 0 Å². The molecule has 0 saturated carbocycles. The molecule has 0 aliphatic rings. The Balaban J connectivity index is 2.97. The van der Waals surface area contributed by atoms with E-state index in [-0.39, 0.29) is 12.0 Å². The van der Waals surface area contributed by atoms with Crippen LogP contribution in [0, 0.1) is 6.92 Å². The van der Waals surface area contributed by atoms with Crippen molar-refractivity contribution < 1.29 is 13.5 Å². The van der Waals surface area contributed by atoms with E-state index >= 15 is 0 Å². The van der Waals surface area contributed by atoms with E-state index in [0.717, 1.165) is 11.1 Å². The summed E-state index contributed by atoms with van der Waals surface area (Å²) in [6.07, 6.45) is 0.586. The second-order valence-corrected chi connectivity index (χ2v) is 8.21. The molecular formula is C16H27NO3S. The van der Waals surface area contributed by atoms with Crippen molar-refractivity contribution >= 4 is 10.0 Å². The molecule has 0 heterocycles. The highest BCUT2D eigenvalue weighted by molar-refractivity contribution is 7.89. The molecule has 0 amide bonds. The van der Waals surface area contributed by atoms with Gasteiger partial charge in [0, 0.05) is 6.54 Å². The third-order valence-corrected chi connectivity index (χ3v) is 5.19. The van der Waals surface area contributed by atoms with Crippen molar-refractivity contribution in [1.29, 1.82) is 0 Å². The molecule has 4 nitrogen and oxygen atoms in total. The van der Waals surface area contributed by atoms with Crippen LogP contribution in [-0.2, 0) is 15.4 Å². The lowest BCUT2D eigenvalue weighted by atomic mass is 9.87. The Morgan fingerprint density at radius 3 is 2.43 bits per heavy atom. The van der Waals surface area contributed by atoms with Gasteiger partial charge >= 0.3 is 0 Å². The molecule has 21 heavy (non-hydrogen) atoms. The van der Waals surface area contributed by atoms with E-state index in [1.165, 1.54) is 0 Å². The molecular weight excluding hydrogens is 286 g/mol. The number of sulfonamides is 1.